The van der Waals surface area contributed by atoms with Crippen LogP contribution < -0.4 is 5.32 Å². The second-order valence-electron chi connectivity index (χ2n) is 6.07. The third kappa shape index (κ3) is 3.70. The Labute approximate surface area is 132 Å². The van der Waals surface area contributed by atoms with Gasteiger partial charge >= 0.3 is 0 Å². The van der Waals surface area contributed by atoms with E-state index in [0.29, 0.717) is 22.5 Å². The molecule has 0 spiro atoms. The summed E-state index contributed by atoms with van der Waals surface area (Å²) < 4.78 is 0. The molecular weight excluding hydrogens is 284 g/mol. The smallest absolute Gasteiger partial charge is 0.256 e. The van der Waals surface area contributed by atoms with E-state index < -0.39 is 0 Å². The monoisotopic (exact) mass is 308 g/mol. The van der Waals surface area contributed by atoms with Gasteiger partial charge in [0.1, 0.15) is 0 Å². The van der Waals surface area contributed by atoms with Crippen molar-refractivity contribution in [1.29, 1.82) is 0 Å². The zero-order valence-electron chi connectivity index (χ0n) is 13.2. The van der Waals surface area contributed by atoms with Crippen LogP contribution in [0.25, 0.3) is 0 Å². The average Bonchev–Trinajstić information content (AvgIpc) is 2.94. The van der Waals surface area contributed by atoms with Crippen molar-refractivity contribution in [3.05, 3.63) is 28.8 Å². The summed E-state index contributed by atoms with van der Waals surface area (Å²) in [6, 6.07) is 5.87. The largest absolute Gasteiger partial charge is 0.384 e. The molecule has 0 bridgehead atoms. The minimum Gasteiger partial charge on any atom is -0.384 e. The standard InChI is InChI=1S/C17H25ClN2O/c1-4-9-19-15-8-7-13(18)11-14(15)17(21)20-10-5-6-16(20)12(2)3/h7-8,11-12,16,19H,4-6,9-10H2,1-3H3. The SMILES string of the molecule is CCCNc1ccc(Cl)cc1C(=O)N1CCCC1C(C)C. The fourth-order valence-electron chi connectivity index (χ4n) is 3.00. The van der Waals surface area contributed by atoms with Crippen molar-refractivity contribution in [2.75, 3.05) is 18.4 Å². The van der Waals surface area contributed by atoms with E-state index in [4.69, 9.17) is 11.6 Å². The van der Waals surface area contributed by atoms with Gasteiger partial charge in [-0.05, 0) is 43.4 Å². The van der Waals surface area contributed by atoms with E-state index in [1.165, 1.54) is 0 Å². The quantitative estimate of drug-likeness (QED) is 0.873. The summed E-state index contributed by atoms with van der Waals surface area (Å²) in [5, 5.41) is 3.94. The van der Waals surface area contributed by atoms with Gasteiger partial charge in [0.2, 0.25) is 0 Å². The van der Waals surface area contributed by atoms with Crippen LogP contribution in [0.1, 0.15) is 50.4 Å². The molecule has 0 saturated carbocycles. The Morgan fingerprint density at radius 2 is 2.24 bits per heavy atom. The molecule has 21 heavy (non-hydrogen) atoms. The molecule has 1 unspecified atom stereocenters. The number of hydrogen-bond acceptors (Lipinski definition) is 2. The minimum atomic E-state index is 0.104. The zero-order chi connectivity index (χ0) is 15.4. The van der Waals surface area contributed by atoms with E-state index >= 15 is 0 Å². The topological polar surface area (TPSA) is 32.3 Å². The van der Waals surface area contributed by atoms with Crippen molar-refractivity contribution in [2.24, 2.45) is 5.92 Å². The van der Waals surface area contributed by atoms with Crippen LogP contribution in [-0.2, 0) is 0 Å². The van der Waals surface area contributed by atoms with Gasteiger partial charge in [-0.25, -0.2) is 0 Å². The van der Waals surface area contributed by atoms with E-state index in [0.717, 1.165) is 38.0 Å². The number of amides is 1. The molecule has 1 aliphatic heterocycles. The summed E-state index contributed by atoms with van der Waals surface area (Å²) in [5.74, 6) is 0.593. The number of carbonyl (C=O) groups is 1. The van der Waals surface area contributed by atoms with Crippen molar-refractivity contribution in [1.82, 2.24) is 4.90 Å². The summed E-state index contributed by atoms with van der Waals surface area (Å²) >= 11 is 6.10. The van der Waals surface area contributed by atoms with Crippen LogP contribution in [0.15, 0.2) is 18.2 Å². The molecule has 1 aliphatic rings. The molecule has 1 fully saturated rings. The van der Waals surface area contributed by atoms with Crippen LogP contribution in [0, 0.1) is 5.92 Å². The average molecular weight is 309 g/mol. The second-order valence-corrected chi connectivity index (χ2v) is 6.51. The maximum absolute atomic E-state index is 12.9. The molecule has 1 amide bonds. The van der Waals surface area contributed by atoms with Gasteiger partial charge in [-0.15, -0.1) is 0 Å². The highest BCUT2D eigenvalue weighted by Crippen LogP contribution is 2.29. The normalized spacial score (nSPS) is 18.3. The Balaban J connectivity index is 2.27. The third-order valence-electron chi connectivity index (χ3n) is 4.11. The van der Waals surface area contributed by atoms with Crippen LogP contribution in [-0.4, -0.2) is 29.9 Å². The van der Waals surface area contributed by atoms with Crippen LogP contribution >= 0.6 is 11.6 Å². The molecule has 1 aromatic carbocycles. The molecule has 1 saturated heterocycles. The number of anilines is 1. The Hall–Kier alpha value is -1.22. The summed E-state index contributed by atoms with van der Waals surface area (Å²) in [6.07, 6.45) is 3.21. The highest BCUT2D eigenvalue weighted by molar-refractivity contribution is 6.31. The summed E-state index contributed by atoms with van der Waals surface area (Å²) in [6.45, 7) is 8.19. The first kappa shape index (κ1) is 16.2. The second kappa shape index (κ2) is 7.17. The molecule has 116 valence electrons. The van der Waals surface area contributed by atoms with Crippen molar-refractivity contribution in [3.8, 4) is 0 Å². The molecule has 2 rings (SSSR count). The van der Waals surface area contributed by atoms with Gasteiger partial charge < -0.3 is 10.2 Å². The molecule has 4 heteroatoms. The molecular formula is C17H25ClN2O. The number of carbonyl (C=O) groups excluding carboxylic acids is 1. The minimum absolute atomic E-state index is 0.104. The molecule has 0 aromatic heterocycles. The van der Waals surface area contributed by atoms with Gasteiger partial charge in [-0.2, -0.15) is 0 Å². The lowest BCUT2D eigenvalue weighted by Gasteiger charge is -2.28. The number of likely N-dealkylation sites (tertiary alicyclic amines) is 1. The Morgan fingerprint density at radius 1 is 1.48 bits per heavy atom. The van der Waals surface area contributed by atoms with Gasteiger partial charge in [0.15, 0.2) is 0 Å². The van der Waals surface area contributed by atoms with Crippen LogP contribution in [0.3, 0.4) is 0 Å². The highest BCUT2D eigenvalue weighted by Gasteiger charge is 2.32. The number of rotatable bonds is 5. The predicted octanol–water partition coefficient (Wildman–Crippen LogP) is 4.42. The fourth-order valence-corrected chi connectivity index (χ4v) is 3.17. The van der Waals surface area contributed by atoms with Crippen LogP contribution in [0.4, 0.5) is 5.69 Å². The number of hydrogen-bond donors (Lipinski definition) is 1. The zero-order valence-corrected chi connectivity index (χ0v) is 13.9. The third-order valence-corrected chi connectivity index (χ3v) is 4.34. The van der Waals surface area contributed by atoms with E-state index in [2.05, 4.69) is 26.1 Å². The van der Waals surface area contributed by atoms with Crippen molar-refractivity contribution >= 4 is 23.2 Å². The van der Waals surface area contributed by atoms with Crippen LogP contribution in [0.2, 0.25) is 5.02 Å². The predicted molar refractivity (Wildman–Crippen MR) is 89.1 cm³/mol. The van der Waals surface area contributed by atoms with Gasteiger partial charge in [-0.3, -0.25) is 4.79 Å². The molecule has 0 radical (unpaired) electrons. The first-order chi connectivity index (χ1) is 10.0. The lowest BCUT2D eigenvalue weighted by atomic mass is 10.0. The lowest BCUT2D eigenvalue weighted by molar-refractivity contribution is 0.0702. The molecule has 1 N–H and O–H groups in total. The van der Waals surface area contributed by atoms with Gasteiger partial charge in [-0.1, -0.05) is 32.4 Å². The van der Waals surface area contributed by atoms with E-state index in [1.54, 1.807) is 6.07 Å². The number of benzene rings is 1. The first-order valence-corrected chi connectivity index (χ1v) is 8.26. The Kier molecular flexibility index (Phi) is 5.51. The van der Waals surface area contributed by atoms with Crippen molar-refractivity contribution in [2.45, 2.75) is 46.1 Å². The molecule has 1 aromatic rings. The number of halogens is 1. The van der Waals surface area contributed by atoms with Crippen molar-refractivity contribution < 1.29 is 4.79 Å². The highest BCUT2D eigenvalue weighted by atomic mass is 35.5. The lowest BCUT2D eigenvalue weighted by Crippen LogP contribution is -2.38. The van der Waals surface area contributed by atoms with Gasteiger partial charge in [0.05, 0.1) is 5.56 Å². The van der Waals surface area contributed by atoms with E-state index in [9.17, 15) is 4.79 Å². The van der Waals surface area contributed by atoms with Gasteiger partial charge in [0, 0.05) is 29.8 Å². The number of nitrogens with zero attached hydrogens (tertiary/aromatic N) is 1. The molecule has 1 heterocycles. The Morgan fingerprint density at radius 3 is 2.90 bits per heavy atom. The summed E-state index contributed by atoms with van der Waals surface area (Å²) in [5.41, 5.74) is 1.59. The van der Waals surface area contributed by atoms with Gasteiger partial charge in [0.25, 0.3) is 5.91 Å². The first-order valence-electron chi connectivity index (χ1n) is 7.89. The molecule has 0 aliphatic carbocycles. The van der Waals surface area contributed by atoms with E-state index in [1.807, 2.05) is 17.0 Å². The molecule has 1 atom stereocenters. The fraction of sp³-hybridized carbons (Fsp3) is 0.588. The Bertz CT molecular complexity index is 502. The molecule has 3 nitrogen and oxygen atoms in total. The van der Waals surface area contributed by atoms with Crippen molar-refractivity contribution in [3.63, 3.8) is 0 Å². The maximum atomic E-state index is 12.9. The maximum Gasteiger partial charge on any atom is 0.256 e. The number of nitrogens with one attached hydrogen (secondary N) is 1. The summed E-state index contributed by atoms with van der Waals surface area (Å²) in [4.78, 5) is 14.9. The van der Waals surface area contributed by atoms with Crippen LogP contribution in [0.5, 0.6) is 0 Å². The summed E-state index contributed by atoms with van der Waals surface area (Å²) in [7, 11) is 0. The van der Waals surface area contributed by atoms with E-state index in [-0.39, 0.29) is 5.91 Å².